The molecule has 2 saturated carbocycles. The molecule has 2 aliphatic rings. The molecular formula is C16H19N3O. The standard InChI is InChI=1S/C16H19N3O/c20-15(14-12-3-1-2-4-13(12)18-19-14)17-11-5-7-16(8-6-11)9-10-16/h1-4,11H,5-10H2,(H,17,20)(H,18,19). The minimum absolute atomic E-state index is 0.0424. The van der Waals surface area contributed by atoms with Gasteiger partial charge in [0.05, 0.1) is 5.52 Å². The predicted octanol–water partition coefficient (Wildman–Crippen LogP) is 3.02. The molecule has 0 atom stereocenters. The van der Waals surface area contributed by atoms with Crippen molar-refractivity contribution in [2.45, 2.75) is 44.6 Å². The van der Waals surface area contributed by atoms with Gasteiger partial charge in [0.25, 0.3) is 5.91 Å². The predicted molar refractivity (Wildman–Crippen MR) is 77.5 cm³/mol. The van der Waals surface area contributed by atoms with Crippen LogP contribution in [0.15, 0.2) is 24.3 Å². The van der Waals surface area contributed by atoms with Gasteiger partial charge in [0.2, 0.25) is 0 Å². The minimum atomic E-state index is -0.0424. The molecule has 104 valence electrons. The number of carbonyl (C=O) groups excluding carboxylic acids is 1. The number of hydrogen-bond acceptors (Lipinski definition) is 2. The van der Waals surface area contributed by atoms with Crippen molar-refractivity contribution in [1.29, 1.82) is 0 Å². The maximum Gasteiger partial charge on any atom is 0.272 e. The number of amides is 1. The first kappa shape index (κ1) is 11.9. The summed E-state index contributed by atoms with van der Waals surface area (Å²) in [6, 6.07) is 8.08. The van der Waals surface area contributed by atoms with Crippen LogP contribution in [0.1, 0.15) is 49.0 Å². The van der Waals surface area contributed by atoms with Crippen molar-refractivity contribution < 1.29 is 4.79 Å². The zero-order chi connectivity index (χ0) is 13.6. The Morgan fingerprint density at radius 3 is 2.70 bits per heavy atom. The maximum absolute atomic E-state index is 12.4. The van der Waals surface area contributed by atoms with E-state index in [9.17, 15) is 4.79 Å². The fourth-order valence-corrected chi connectivity index (χ4v) is 3.44. The zero-order valence-corrected chi connectivity index (χ0v) is 11.5. The van der Waals surface area contributed by atoms with Crippen LogP contribution in [0.3, 0.4) is 0 Å². The molecule has 2 aromatic rings. The van der Waals surface area contributed by atoms with Crippen molar-refractivity contribution >= 4 is 16.8 Å². The summed E-state index contributed by atoms with van der Waals surface area (Å²) in [4.78, 5) is 12.4. The molecule has 0 aliphatic heterocycles. The first-order valence-electron chi connectivity index (χ1n) is 7.50. The molecule has 0 unspecified atom stereocenters. The van der Waals surface area contributed by atoms with Gasteiger partial charge in [0.15, 0.2) is 5.69 Å². The van der Waals surface area contributed by atoms with E-state index in [0.717, 1.165) is 23.7 Å². The van der Waals surface area contributed by atoms with Gasteiger partial charge in [-0.2, -0.15) is 5.10 Å². The van der Waals surface area contributed by atoms with Crippen LogP contribution in [0.5, 0.6) is 0 Å². The molecule has 20 heavy (non-hydrogen) atoms. The molecule has 1 aromatic heterocycles. The molecule has 1 heterocycles. The Kier molecular flexibility index (Phi) is 2.59. The highest BCUT2D eigenvalue weighted by molar-refractivity contribution is 6.04. The van der Waals surface area contributed by atoms with E-state index in [0.29, 0.717) is 17.2 Å². The number of aromatic nitrogens is 2. The van der Waals surface area contributed by atoms with E-state index in [2.05, 4.69) is 15.5 Å². The van der Waals surface area contributed by atoms with Gasteiger partial charge in [-0.15, -0.1) is 0 Å². The Morgan fingerprint density at radius 2 is 1.95 bits per heavy atom. The number of nitrogens with zero attached hydrogens (tertiary/aromatic N) is 1. The fraction of sp³-hybridized carbons (Fsp3) is 0.500. The average Bonchev–Trinajstić information content (AvgIpc) is 3.09. The van der Waals surface area contributed by atoms with Crippen LogP contribution in [0.25, 0.3) is 10.9 Å². The molecule has 4 rings (SSSR count). The van der Waals surface area contributed by atoms with Crippen molar-refractivity contribution in [2.75, 3.05) is 0 Å². The second kappa shape index (κ2) is 4.33. The van der Waals surface area contributed by atoms with Crippen molar-refractivity contribution in [3.05, 3.63) is 30.0 Å². The van der Waals surface area contributed by atoms with Gasteiger partial charge in [-0.1, -0.05) is 18.2 Å². The third-order valence-electron chi connectivity index (χ3n) is 5.02. The highest BCUT2D eigenvalue weighted by atomic mass is 16.2. The van der Waals surface area contributed by atoms with Crippen LogP contribution in [0.4, 0.5) is 0 Å². The van der Waals surface area contributed by atoms with Gasteiger partial charge >= 0.3 is 0 Å². The zero-order valence-electron chi connectivity index (χ0n) is 11.5. The SMILES string of the molecule is O=C(NC1CCC2(CC1)CC2)c1n[nH]c2ccccc12. The van der Waals surface area contributed by atoms with Crippen LogP contribution in [-0.4, -0.2) is 22.1 Å². The molecule has 2 fully saturated rings. The Morgan fingerprint density at radius 1 is 1.20 bits per heavy atom. The largest absolute Gasteiger partial charge is 0.348 e. The van der Waals surface area contributed by atoms with Gasteiger partial charge < -0.3 is 5.32 Å². The molecule has 4 nitrogen and oxygen atoms in total. The second-order valence-corrected chi connectivity index (χ2v) is 6.37. The lowest BCUT2D eigenvalue weighted by Crippen LogP contribution is -2.38. The van der Waals surface area contributed by atoms with Gasteiger partial charge in [0, 0.05) is 11.4 Å². The fourth-order valence-electron chi connectivity index (χ4n) is 3.44. The summed E-state index contributed by atoms with van der Waals surface area (Å²) in [6.45, 7) is 0. The summed E-state index contributed by atoms with van der Waals surface area (Å²) in [5, 5.41) is 11.1. The van der Waals surface area contributed by atoms with Crippen molar-refractivity contribution in [1.82, 2.24) is 15.5 Å². The number of carbonyl (C=O) groups is 1. The number of hydrogen-bond donors (Lipinski definition) is 2. The van der Waals surface area contributed by atoms with Gasteiger partial charge in [-0.3, -0.25) is 9.89 Å². The number of para-hydroxylation sites is 1. The molecule has 0 radical (unpaired) electrons. The van der Waals surface area contributed by atoms with E-state index in [1.54, 1.807) is 0 Å². The molecule has 2 N–H and O–H groups in total. The smallest absolute Gasteiger partial charge is 0.272 e. The Hall–Kier alpha value is -1.84. The van der Waals surface area contributed by atoms with E-state index in [1.165, 1.54) is 25.7 Å². The van der Waals surface area contributed by atoms with Crippen molar-refractivity contribution in [3.63, 3.8) is 0 Å². The summed E-state index contributed by atoms with van der Waals surface area (Å²) in [7, 11) is 0. The van der Waals surface area contributed by atoms with Crippen molar-refractivity contribution in [2.24, 2.45) is 5.41 Å². The Balaban J connectivity index is 1.47. The van der Waals surface area contributed by atoms with Gasteiger partial charge in [-0.25, -0.2) is 0 Å². The molecule has 1 aromatic carbocycles. The van der Waals surface area contributed by atoms with Crippen LogP contribution in [0, 0.1) is 5.41 Å². The monoisotopic (exact) mass is 269 g/mol. The first-order chi connectivity index (χ1) is 9.76. The summed E-state index contributed by atoms with van der Waals surface area (Å²) < 4.78 is 0. The quantitative estimate of drug-likeness (QED) is 0.880. The number of rotatable bonds is 2. The van der Waals surface area contributed by atoms with Crippen LogP contribution in [-0.2, 0) is 0 Å². The first-order valence-corrected chi connectivity index (χ1v) is 7.50. The second-order valence-electron chi connectivity index (χ2n) is 6.37. The number of nitrogens with one attached hydrogen (secondary N) is 2. The summed E-state index contributed by atoms with van der Waals surface area (Å²) >= 11 is 0. The number of aromatic amines is 1. The molecular weight excluding hydrogens is 250 g/mol. The molecule has 1 amide bonds. The highest BCUT2D eigenvalue weighted by Gasteiger charge is 2.44. The topological polar surface area (TPSA) is 57.8 Å². The van der Waals surface area contributed by atoms with Crippen molar-refractivity contribution in [3.8, 4) is 0 Å². The lowest BCUT2D eigenvalue weighted by molar-refractivity contribution is 0.0916. The average molecular weight is 269 g/mol. The lowest BCUT2D eigenvalue weighted by atomic mass is 9.83. The minimum Gasteiger partial charge on any atom is -0.348 e. The molecule has 2 aliphatic carbocycles. The van der Waals surface area contributed by atoms with Crippen LogP contribution < -0.4 is 5.32 Å². The number of benzene rings is 1. The lowest BCUT2D eigenvalue weighted by Gasteiger charge is -2.28. The molecule has 1 spiro atoms. The normalized spacial score (nSPS) is 21.2. The van der Waals surface area contributed by atoms with Gasteiger partial charge in [0.1, 0.15) is 0 Å². The van der Waals surface area contributed by atoms with Crippen LogP contribution >= 0.6 is 0 Å². The number of H-pyrrole nitrogens is 1. The third kappa shape index (κ3) is 1.99. The van der Waals surface area contributed by atoms with E-state index in [-0.39, 0.29) is 5.91 Å². The van der Waals surface area contributed by atoms with E-state index < -0.39 is 0 Å². The highest BCUT2D eigenvalue weighted by Crippen LogP contribution is 2.56. The summed E-state index contributed by atoms with van der Waals surface area (Å²) in [5.41, 5.74) is 2.10. The van der Waals surface area contributed by atoms with Gasteiger partial charge in [-0.05, 0) is 50.0 Å². The number of fused-ring (bicyclic) bond motifs is 1. The van der Waals surface area contributed by atoms with E-state index in [1.807, 2.05) is 24.3 Å². The Bertz CT molecular complexity index is 647. The molecule has 0 saturated heterocycles. The summed E-state index contributed by atoms with van der Waals surface area (Å²) in [6.07, 6.45) is 7.59. The third-order valence-corrected chi connectivity index (χ3v) is 5.02. The summed E-state index contributed by atoms with van der Waals surface area (Å²) in [5.74, 6) is -0.0424. The Labute approximate surface area is 117 Å². The van der Waals surface area contributed by atoms with E-state index in [4.69, 9.17) is 0 Å². The molecule has 0 bridgehead atoms. The molecule has 4 heteroatoms. The van der Waals surface area contributed by atoms with E-state index >= 15 is 0 Å². The van der Waals surface area contributed by atoms with Crippen LogP contribution in [0.2, 0.25) is 0 Å². The maximum atomic E-state index is 12.4.